The van der Waals surface area contributed by atoms with E-state index in [0.717, 1.165) is 10.5 Å². The van der Waals surface area contributed by atoms with Crippen molar-refractivity contribution in [3.63, 3.8) is 0 Å². The van der Waals surface area contributed by atoms with Gasteiger partial charge in [-0.2, -0.15) is 0 Å². The Bertz CT molecular complexity index is 354. The van der Waals surface area contributed by atoms with Crippen molar-refractivity contribution in [1.29, 1.82) is 0 Å². The first-order chi connectivity index (χ1) is 6.52. The minimum atomic E-state index is -1.22. The molecular weight excluding hydrogens is 196 g/mol. The molecule has 2 nitrogen and oxygen atoms in total. The third-order valence-electron chi connectivity index (χ3n) is 2.15. The maximum atomic E-state index is 11.8. The highest BCUT2D eigenvalue weighted by Gasteiger charge is 2.17. The van der Waals surface area contributed by atoms with Crippen molar-refractivity contribution in [3.05, 3.63) is 29.8 Å². The van der Waals surface area contributed by atoms with Crippen molar-refractivity contribution in [1.82, 2.24) is 0 Å². The van der Waals surface area contributed by atoms with E-state index in [-0.39, 0.29) is 5.78 Å². The highest BCUT2D eigenvalue weighted by molar-refractivity contribution is 7.86. The van der Waals surface area contributed by atoms with E-state index in [4.69, 9.17) is 0 Å². The molecule has 1 aromatic rings. The monoisotopic (exact) mass is 210 g/mol. The number of carbonyl (C=O) groups is 1. The standard InChI is InChI=1S/C11H14O2S/c1-8-4-6-11(7-5-8)14(13)10(3)9(2)12/h4-7,10H,1-3H3/t10?,14-/m0/s1. The molecule has 3 heteroatoms. The van der Waals surface area contributed by atoms with Gasteiger partial charge in [0.25, 0.3) is 0 Å². The average Bonchev–Trinajstić information content (AvgIpc) is 2.16. The Morgan fingerprint density at radius 3 is 2.21 bits per heavy atom. The van der Waals surface area contributed by atoms with E-state index < -0.39 is 16.0 Å². The van der Waals surface area contributed by atoms with Gasteiger partial charge in [0.15, 0.2) is 0 Å². The lowest BCUT2D eigenvalue weighted by Crippen LogP contribution is -2.19. The number of carbonyl (C=O) groups excluding carboxylic acids is 1. The van der Waals surface area contributed by atoms with Crippen LogP contribution in [0.25, 0.3) is 0 Å². The highest BCUT2D eigenvalue weighted by atomic mass is 32.2. The number of Topliss-reactive ketones (excluding diaryl/α,β-unsaturated/α-hetero) is 1. The van der Waals surface area contributed by atoms with E-state index in [1.165, 1.54) is 6.92 Å². The molecule has 0 aliphatic heterocycles. The van der Waals surface area contributed by atoms with Gasteiger partial charge in [-0.3, -0.25) is 9.00 Å². The molecule has 0 bridgehead atoms. The molecule has 1 rings (SSSR count). The molecule has 0 spiro atoms. The molecule has 1 aromatic carbocycles. The van der Waals surface area contributed by atoms with Crippen LogP contribution >= 0.6 is 0 Å². The topological polar surface area (TPSA) is 34.1 Å². The van der Waals surface area contributed by atoms with Gasteiger partial charge in [-0.25, -0.2) is 0 Å². The molecule has 0 heterocycles. The minimum Gasteiger partial charge on any atom is -0.299 e. The minimum absolute atomic E-state index is 0.0380. The fourth-order valence-corrected chi connectivity index (χ4v) is 2.14. The zero-order chi connectivity index (χ0) is 10.7. The molecule has 0 aliphatic rings. The second kappa shape index (κ2) is 4.51. The Morgan fingerprint density at radius 1 is 1.29 bits per heavy atom. The van der Waals surface area contributed by atoms with Gasteiger partial charge < -0.3 is 0 Å². The van der Waals surface area contributed by atoms with Crippen molar-refractivity contribution in [3.8, 4) is 0 Å². The quantitative estimate of drug-likeness (QED) is 0.765. The fourth-order valence-electron chi connectivity index (χ4n) is 1.03. The number of benzene rings is 1. The smallest absolute Gasteiger partial charge is 0.145 e. The van der Waals surface area contributed by atoms with Crippen LogP contribution in [0.15, 0.2) is 29.2 Å². The maximum absolute atomic E-state index is 11.8. The predicted octanol–water partition coefficient (Wildman–Crippen LogP) is 2.08. The summed E-state index contributed by atoms with van der Waals surface area (Å²) in [6.07, 6.45) is 0. The van der Waals surface area contributed by atoms with Crippen LogP contribution in [0.1, 0.15) is 19.4 Å². The Kier molecular flexibility index (Phi) is 3.58. The zero-order valence-corrected chi connectivity index (χ0v) is 9.43. The molecular formula is C11H14O2S. The second-order valence-corrected chi connectivity index (χ2v) is 5.14. The summed E-state index contributed by atoms with van der Waals surface area (Å²) in [5.41, 5.74) is 1.13. The second-order valence-electron chi connectivity index (χ2n) is 3.36. The highest BCUT2D eigenvalue weighted by Crippen LogP contribution is 2.12. The van der Waals surface area contributed by atoms with Gasteiger partial charge in [0.2, 0.25) is 0 Å². The Labute approximate surface area is 86.8 Å². The molecule has 14 heavy (non-hydrogen) atoms. The maximum Gasteiger partial charge on any atom is 0.145 e. The van der Waals surface area contributed by atoms with Crippen LogP contribution in [-0.4, -0.2) is 15.2 Å². The van der Waals surface area contributed by atoms with E-state index in [1.54, 1.807) is 6.92 Å². The molecule has 76 valence electrons. The molecule has 0 fully saturated rings. The fraction of sp³-hybridized carbons (Fsp3) is 0.364. The van der Waals surface area contributed by atoms with E-state index in [2.05, 4.69) is 0 Å². The SMILES string of the molecule is CC(=O)C(C)[S@](=O)c1ccc(C)cc1. The van der Waals surface area contributed by atoms with E-state index in [1.807, 2.05) is 31.2 Å². The molecule has 0 N–H and O–H groups in total. The molecule has 0 saturated carbocycles. The molecule has 2 atom stereocenters. The van der Waals surface area contributed by atoms with E-state index >= 15 is 0 Å². The summed E-state index contributed by atoms with van der Waals surface area (Å²) in [5.74, 6) is -0.0380. The first-order valence-corrected chi connectivity index (χ1v) is 5.71. The van der Waals surface area contributed by atoms with Gasteiger partial charge in [-0.05, 0) is 32.9 Å². The van der Waals surface area contributed by atoms with Crippen LogP contribution in [0.2, 0.25) is 0 Å². The first-order valence-electron chi connectivity index (χ1n) is 4.50. The number of aryl methyl sites for hydroxylation is 1. The molecule has 1 unspecified atom stereocenters. The summed E-state index contributed by atoms with van der Waals surface area (Å²) >= 11 is 0. The Morgan fingerprint density at radius 2 is 1.79 bits per heavy atom. The van der Waals surface area contributed by atoms with Crippen molar-refractivity contribution < 1.29 is 9.00 Å². The van der Waals surface area contributed by atoms with Crippen LogP contribution in [0.4, 0.5) is 0 Å². The lowest BCUT2D eigenvalue weighted by Gasteiger charge is -2.07. The van der Waals surface area contributed by atoms with Gasteiger partial charge in [-0.15, -0.1) is 0 Å². The number of ketones is 1. The third-order valence-corrected chi connectivity index (χ3v) is 3.86. The molecule has 0 radical (unpaired) electrons. The molecule has 0 aromatic heterocycles. The van der Waals surface area contributed by atoms with E-state index in [9.17, 15) is 9.00 Å². The van der Waals surface area contributed by atoms with Crippen molar-refractivity contribution >= 4 is 16.6 Å². The Hall–Kier alpha value is -0.960. The normalized spacial score (nSPS) is 14.8. The van der Waals surface area contributed by atoms with Gasteiger partial charge in [0.05, 0.1) is 16.0 Å². The van der Waals surface area contributed by atoms with Gasteiger partial charge in [-0.1, -0.05) is 17.7 Å². The van der Waals surface area contributed by atoms with Gasteiger partial charge >= 0.3 is 0 Å². The van der Waals surface area contributed by atoms with Crippen LogP contribution in [-0.2, 0) is 15.6 Å². The summed E-state index contributed by atoms with van der Waals surface area (Å²) in [5, 5.41) is -0.419. The molecule has 0 amide bonds. The largest absolute Gasteiger partial charge is 0.299 e. The van der Waals surface area contributed by atoms with Crippen LogP contribution in [0, 0.1) is 6.92 Å². The van der Waals surface area contributed by atoms with Crippen LogP contribution < -0.4 is 0 Å². The average molecular weight is 210 g/mol. The summed E-state index contributed by atoms with van der Waals surface area (Å²) in [4.78, 5) is 11.8. The van der Waals surface area contributed by atoms with Gasteiger partial charge in [0, 0.05) is 4.90 Å². The number of hydrogen-bond donors (Lipinski definition) is 0. The van der Waals surface area contributed by atoms with Crippen molar-refractivity contribution in [2.75, 3.05) is 0 Å². The number of hydrogen-bond acceptors (Lipinski definition) is 2. The zero-order valence-electron chi connectivity index (χ0n) is 8.61. The molecule has 0 saturated heterocycles. The van der Waals surface area contributed by atoms with Crippen molar-refractivity contribution in [2.45, 2.75) is 30.9 Å². The van der Waals surface area contributed by atoms with Crippen molar-refractivity contribution in [2.24, 2.45) is 0 Å². The number of rotatable bonds is 3. The summed E-state index contributed by atoms with van der Waals surface area (Å²) < 4.78 is 11.8. The predicted molar refractivity (Wildman–Crippen MR) is 57.7 cm³/mol. The summed E-state index contributed by atoms with van der Waals surface area (Å²) in [6.45, 7) is 5.14. The third kappa shape index (κ3) is 2.51. The lowest BCUT2D eigenvalue weighted by molar-refractivity contribution is -0.116. The molecule has 0 aliphatic carbocycles. The first kappa shape index (κ1) is 11.1. The lowest BCUT2D eigenvalue weighted by atomic mass is 10.2. The summed E-state index contributed by atoms with van der Waals surface area (Å²) in [7, 11) is -1.22. The van der Waals surface area contributed by atoms with E-state index in [0.29, 0.717) is 0 Å². The van der Waals surface area contributed by atoms with Crippen LogP contribution in [0.5, 0.6) is 0 Å². The van der Waals surface area contributed by atoms with Crippen LogP contribution in [0.3, 0.4) is 0 Å². The summed E-state index contributed by atoms with van der Waals surface area (Å²) in [6, 6.07) is 7.43. The Balaban J connectivity index is 2.90. The van der Waals surface area contributed by atoms with Gasteiger partial charge in [0.1, 0.15) is 5.78 Å².